The van der Waals surface area contributed by atoms with Crippen LogP contribution in [0.25, 0.3) is 0 Å². The second-order valence-electron chi connectivity index (χ2n) is 2.80. The Hall–Kier alpha value is -0.610. The molecule has 1 rings (SSSR count). The molecule has 0 bridgehead atoms. The summed E-state index contributed by atoms with van der Waals surface area (Å²) in [5.41, 5.74) is 0. The fraction of sp³-hybridized carbons (Fsp3) is 0.875. The molecule has 0 saturated carbocycles. The van der Waals surface area contributed by atoms with E-state index in [0.29, 0.717) is 0 Å². The van der Waals surface area contributed by atoms with Gasteiger partial charge in [0.2, 0.25) is 5.91 Å². The highest BCUT2D eigenvalue weighted by Crippen LogP contribution is 2.02. The highest BCUT2D eigenvalue weighted by Gasteiger charge is 2.18. The first-order chi connectivity index (χ1) is 5.75. The second-order valence-corrected chi connectivity index (χ2v) is 2.80. The molecule has 12 heavy (non-hydrogen) atoms. The Morgan fingerprint density at radius 3 is 2.50 bits per heavy atom. The van der Waals surface area contributed by atoms with E-state index in [2.05, 4.69) is 0 Å². The predicted octanol–water partition coefficient (Wildman–Crippen LogP) is 0.102. The van der Waals surface area contributed by atoms with Gasteiger partial charge in [-0.1, -0.05) is 0 Å². The Balaban J connectivity index is 2.46. The summed E-state index contributed by atoms with van der Waals surface area (Å²) in [5.74, 6) is 0.111. The van der Waals surface area contributed by atoms with Crippen LogP contribution in [0.3, 0.4) is 0 Å². The van der Waals surface area contributed by atoms with Crippen molar-refractivity contribution < 1.29 is 9.53 Å². The van der Waals surface area contributed by atoms with Crippen molar-refractivity contribution in [2.45, 2.75) is 13.8 Å². The average Bonchev–Trinajstić information content (AvgIpc) is 2.07. The summed E-state index contributed by atoms with van der Waals surface area (Å²) in [5, 5.41) is 3.81. The Labute approximate surface area is 73.1 Å². The minimum absolute atomic E-state index is 0.111. The second kappa shape index (κ2) is 4.42. The van der Waals surface area contributed by atoms with Gasteiger partial charge in [0.1, 0.15) is 0 Å². The number of carbonyl (C=O) groups excluding carboxylic acids is 1. The van der Waals surface area contributed by atoms with Crippen LogP contribution in [0.2, 0.25) is 0 Å². The monoisotopic (exact) mass is 172 g/mol. The van der Waals surface area contributed by atoms with Crippen LogP contribution in [0.15, 0.2) is 0 Å². The van der Waals surface area contributed by atoms with Crippen LogP contribution in [0.5, 0.6) is 0 Å². The van der Waals surface area contributed by atoms with Gasteiger partial charge in [0.25, 0.3) is 0 Å². The van der Waals surface area contributed by atoms with E-state index in [0.717, 1.165) is 32.8 Å². The molecule has 0 spiro atoms. The number of hydrogen-bond acceptors (Lipinski definition) is 3. The number of nitrogens with zero attached hydrogens (tertiary/aromatic N) is 2. The Morgan fingerprint density at radius 2 is 2.08 bits per heavy atom. The van der Waals surface area contributed by atoms with Crippen LogP contribution in [0.4, 0.5) is 0 Å². The molecule has 1 fully saturated rings. The third kappa shape index (κ3) is 2.19. The van der Waals surface area contributed by atoms with Gasteiger partial charge in [-0.15, -0.1) is 0 Å². The molecule has 0 N–H and O–H groups in total. The van der Waals surface area contributed by atoms with E-state index in [1.165, 1.54) is 0 Å². The van der Waals surface area contributed by atoms with E-state index < -0.39 is 0 Å². The summed E-state index contributed by atoms with van der Waals surface area (Å²) < 4.78 is 5.19. The van der Waals surface area contributed by atoms with Crippen LogP contribution in [-0.4, -0.2) is 48.8 Å². The molecule has 0 aromatic heterocycles. The zero-order valence-corrected chi connectivity index (χ0v) is 7.75. The number of hydrazine groups is 1. The zero-order chi connectivity index (χ0) is 8.97. The number of carbonyl (C=O) groups is 1. The van der Waals surface area contributed by atoms with Gasteiger partial charge >= 0.3 is 0 Å². The number of hydrogen-bond donors (Lipinski definition) is 0. The fourth-order valence-corrected chi connectivity index (χ4v) is 1.42. The average molecular weight is 172 g/mol. The molecular weight excluding hydrogens is 156 g/mol. The third-order valence-electron chi connectivity index (χ3n) is 1.99. The largest absolute Gasteiger partial charge is 0.379 e. The predicted molar refractivity (Wildman–Crippen MR) is 45.5 cm³/mol. The lowest BCUT2D eigenvalue weighted by Gasteiger charge is -2.35. The molecule has 4 heteroatoms. The van der Waals surface area contributed by atoms with Crippen molar-refractivity contribution in [3.63, 3.8) is 0 Å². The zero-order valence-electron chi connectivity index (χ0n) is 7.75. The van der Waals surface area contributed by atoms with Crippen LogP contribution in [-0.2, 0) is 9.53 Å². The highest BCUT2D eigenvalue weighted by atomic mass is 16.5. The first-order valence-electron chi connectivity index (χ1n) is 4.36. The Bertz CT molecular complexity index is 155. The van der Waals surface area contributed by atoms with E-state index in [-0.39, 0.29) is 5.91 Å². The Morgan fingerprint density at radius 1 is 1.50 bits per heavy atom. The van der Waals surface area contributed by atoms with E-state index >= 15 is 0 Å². The van der Waals surface area contributed by atoms with Gasteiger partial charge in [-0.25, -0.2) is 5.01 Å². The summed E-state index contributed by atoms with van der Waals surface area (Å²) >= 11 is 0. The molecule has 0 atom stereocenters. The van der Waals surface area contributed by atoms with Crippen LogP contribution in [0, 0.1) is 0 Å². The number of ether oxygens (including phenoxy) is 1. The fourth-order valence-electron chi connectivity index (χ4n) is 1.42. The van der Waals surface area contributed by atoms with Gasteiger partial charge in [0.15, 0.2) is 0 Å². The van der Waals surface area contributed by atoms with Crippen LogP contribution >= 0.6 is 0 Å². The first-order valence-corrected chi connectivity index (χ1v) is 4.36. The minimum atomic E-state index is 0.111. The topological polar surface area (TPSA) is 32.8 Å². The van der Waals surface area contributed by atoms with Crippen molar-refractivity contribution in [1.29, 1.82) is 0 Å². The van der Waals surface area contributed by atoms with E-state index in [4.69, 9.17) is 4.74 Å². The maximum atomic E-state index is 11.1. The van der Waals surface area contributed by atoms with Gasteiger partial charge in [-0.05, 0) is 6.92 Å². The lowest BCUT2D eigenvalue weighted by molar-refractivity contribution is -0.153. The summed E-state index contributed by atoms with van der Waals surface area (Å²) in [4.78, 5) is 11.1. The van der Waals surface area contributed by atoms with Gasteiger partial charge in [-0.2, -0.15) is 0 Å². The minimum Gasteiger partial charge on any atom is -0.379 e. The number of rotatable bonds is 2. The van der Waals surface area contributed by atoms with Gasteiger partial charge in [0.05, 0.1) is 13.2 Å². The van der Waals surface area contributed by atoms with Crippen molar-refractivity contribution in [3.8, 4) is 0 Å². The summed E-state index contributed by atoms with van der Waals surface area (Å²) in [6.45, 7) is 7.43. The van der Waals surface area contributed by atoms with E-state index in [1.807, 2.05) is 11.9 Å². The molecule has 1 saturated heterocycles. The molecule has 1 amide bonds. The molecule has 1 aliphatic heterocycles. The summed E-state index contributed by atoms with van der Waals surface area (Å²) in [7, 11) is 0. The van der Waals surface area contributed by atoms with Crippen molar-refractivity contribution >= 4 is 5.91 Å². The van der Waals surface area contributed by atoms with E-state index in [9.17, 15) is 4.79 Å². The third-order valence-corrected chi connectivity index (χ3v) is 1.99. The Kier molecular flexibility index (Phi) is 3.49. The van der Waals surface area contributed by atoms with E-state index in [1.54, 1.807) is 11.9 Å². The molecule has 0 aromatic rings. The van der Waals surface area contributed by atoms with Crippen LogP contribution < -0.4 is 0 Å². The number of amides is 1. The maximum Gasteiger partial charge on any atom is 0.233 e. The lowest BCUT2D eigenvalue weighted by atomic mass is 10.5. The summed E-state index contributed by atoms with van der Waals surface area (Å²) in [6, 6.07) is 0. The molecule has 0 aromatic carbocycles. The molecule has 0 unspecified atom stereocenters. The van der Waals surface area contributed by atoms with Crippen LogP contribution in [0.1, 0.15) is 13.8 Å². The van der Waals surface area contributed by atoms with Gasteiger partial charge in [-0.3, -0.25) is 9.80 Å². The number of morpholine rings is 1. The molecule has 0 aliphatic carbocycles. The normalized spacial score (nSPS) is 19.2. The van der Waals surface area contributed by atoms with Crippen molar-refractivity contribution in [2.75, 3.05) is 32.8 Å². The quantitative estimate of drug-likeness (QED) is 0.592. The molecule has 0 radical (unpaired) electrons. The molecule has 70 valence electrons. The SMILES string of the molecule is CCN(C(C)=O)N1CCOCC1. The van der Waals surface area contributed by atoms with Gasteiger partial charge < -0.3 is 4.74 Å². The smallest absolute Gasteiger partial charge is 0.233 e. The van der Waals surface area contributed by atoms with Crippen molar-refractivity contribution in [1.82, 2.24) is 10.0 Å². The van der Waals surface area contributed by atoms with Crippen molar-refractivity contribution in [3.05, 3.63) is 0 Å². The maximum absolute atomic E-state index is 11.1. The standard InChI is InChI=1S/C8H16N2O2/c1-3-10(8(2)11)9-4-6-12-7-5-9/h3-7H2,1-2H3. The van der Waals surface area contributed by atoms with Crippen molar-refractivity contribution in [2.24, 2.45) is 0 Å². The molecule has 1 aliphatic rings. The first kappa shape index (κ1) is 9.48. The lowest BCUT2D eigenvalue weighted by Crippen LogP contribution is -2.50. The molecule has 1 heterocycles. The molecular formula is C8H16N2O2. The molecule has 4 nitrogen and oxygen atoms in total. The summed E-state index contributed by atoms with van der Waals surface area (Å²) in [6.07, 6.45) is 0. The van der Waals surface area contributed by atoms with Gasteiger partial charge in [0, 0.05) is 26.6 Å². The highest BCUT2D eigenvalue weighted by molar-refractivity contribution is 5.72.